The zero-order valence-electron chi connectivity index (χ0n) is 16.0. The molecule has 3 aliphatic rings. The molecule has 1 aromatic rings. The van der Waals surface area contributed by atoms with Gasteiger partial charge in [-0.2, -0.15) is 0 Å². The molecule has 3 saturated heterocycles. The molecular formula is C19H23ClFNO5S. The van der Waals surface area contributed by atoms with E-state index in [-0.39, 0.29) is 17.2 Å². The minimum Gasteiger partial charge on any atom is -0.367 e. The lowest BCUT2D eigenvalue weighted by atomic mass is 10.0. The molecule has 5 atom stereocenters. The predicted molar refractivity (Wildman–Crippen MR) is 104 cm³/mol. The van der Waals surface area contributed by atoms with E-state index in [1.807, 2.05) is 27.7 Å². The van der Waals surface area contributed by atoms with Crippen molar-refractivity contribution < 1.29 is 28.1 Å². The molecule has 4 rings (SSSR count). The van der Waals surface area contributed by atoms with E-state index < -0.39 is 35.9 Å². The third-order valence-corrected chi connectivity index (χ3v) is 5.61. The summed E-state index contributed by atoms with van der Waals surface area (Å²) in [5.41, 5.74) is 0.530. The van der Waals surface area contributed by atoms with E-state index in [2.05, 4.69) is 5.32 Å². The monoisotopic (exact) mass is 431 g/mol. The molecule has 0 amide bonds. The summed E-state index contributed by atoms with van der Waals surface area (Å²) < 4.78 is 43.1. The molecule has 0 saturated carbocycles. The predicted octanol–water partition coefficient (Wildman–Crippen LogP) is 3.14. The Morgan fingerprint density at radius 1 is 1.14 bits per heavy atom. The molecule has 0 radical (unpaired) electrons. The average Bonchev–Trinajstić information content (AvgIpc) is 3.18. The van der Waals surface area contributed by atoms with Gasteiger partial charge in [-0.05, 0) is 45.9 Å². The van der Waals surface area contributed by atoms with Crippen LogP contribution in [0.2, 0.25) is 5.02 Å². The van der Waals surface area contributed by atoms with Crippen molar-refractivity contribution in [3.8, 4) is 0 Å². The van der Waals surface area contributed by atoms with Gasteiger partial charge in [0.2, 0.25) is 0 Å². The normalized spacial score (nSPS) is 35.7. The van der Waals surface area contributed by atoms with Crippen molar-refractivity contribution in [2.75, 3.05) is 6.61 Å². The van der Waals surface area contributed by atoms with Gasteiger partial charge in [0.15, 0.2) is 17.9 Å². The second kappa shape index (κ2) is 7.12. The molecule has 3 aliphatic heterocycles. The van der Waals surface area contributed by atoms with Gasteiger partial charge in [0, 0.05) is 5.56 Å². The van der Waals surface area contributed by atoms with Crippen LogP contribution in [0.4, 0.5) is 4.39 Å². The molecule has 3 heterocycles. The standard InChI is InChI=1S/C19H23ClFNO5S/c1-18(2)23-8-12(25-18)14-13(15-17(24-14)27-19(3,4)26-15)22-16(28)10-6-5-9(21)7-11(10)20/h5-7,12-15,17H,8H2,1-4H3,(H,22,28)/t12-,13-,14-,15-,17-/m1/s1. The van der Waals surface area contributed by atoms with Crippen LogP contribution in [0.1, 0.15) is 33.3 Å². The maximum atomic E-state index is 13.4. The second-order valence-corrected chi connectivity index (χ2v) is 8.88. The Balaban J connectivity index is 1.57. The van der Waals surface area contributed by atoms with Crippen molar-refractivity contribution in [2.45, 2.75) is 69.9 Å². The maximum absolute atomic E-state index is 13.4. The summed E-state index contributed by atoms with van der Waals surface area (Å²) in [5.74, 6) is -1.90. The topological polar surface area (TPSA) is 58.2 Å². The van der Waals surface area contributed by atoms with E-state index >= 15 is 0 Å². The van der Waals surface area contributed by atoms with Crippen LogP contribution in [0, 0.1) is 5.82 Å². The van der Waals surface area contributed by atoms with E-state index in [0.29, 0.717) is 17.2 Å². The number of thiocarbonyl (C=S) groups is 1. The minimum absolute atomic E-state index is 0.231. The van der Waals surface area contributed by atoms with Crippen LogP contribution in [0.25, 0.3) is 0 Å². The molecule has 0 aromatic heterocycles. The van der Waals surface area contributed by atoms with Crippen LogP contribution in [0.15, 0.2) is 18.2 Å². The Morgan fingerprint density at radius 3 is 2.54 bits per heavy atom. The number of fused-ring (bicyclic) bond motifs is 1. The molecule has 0 aliphatic carbocycles. The van der Waals surface area contributed by atoms with Crippen molar-refractivity contribution in [3.63, 3.8) is 0 Å². The Labute approximate surface area is 173 Å². The lowest BCUT2D eigenvalue weighted by Crippen LogP contribution is -2.52. The van der Waals surface area contributed by atoms with Crippen LogP contribution in [0.3, 0.4) is 0 Å². The molecule has 6 nitrogen and oxygen atoms in total. The van der Waals surface area contributed by atoms with E-state index in [1.165, 1.54) is 12.1 Å². The molecule has 0 spiro atoms. The summed E-state index contributed by atoms with van der Waals surface area (Å²) in [7, 11) is 0. The molecule has 154 valence electrons. The Hall–Kier alpha value is -0.870. The van der Waals surface area contributed by atoms with E-state index in [4.69, 9.17) is 47.5 Å². The average molecular weight is 432 g/mol. The molecule has 1 N–H and O–H groups in total. The van der Waals surface area contributed by atoms with E-state index in [0.717, 1.165) is 0 Å². The largest absolute Gasteiger partial charge is 0.367 e. The Morgan fingerprint density at radius 2 is 1.89 bits per heavy atom. The summed E-state index contributed by atoms with van der Waals surface area (Å²) in [5, 5.41) is 3.51. The quantitative estimate of drug-likeness (QED) is 0.738. The third kappa shape index (κ3) is 3.92. The number of nitrogens with one attached hydrogen (secondary N) is 1. The summed E-state index contributed by atoms with van der Waals surface area (Å²) in [4.78, 5) is 0.371. The summed E-state index contributed by atoms with van der Waals surface area (Å²) in [6.45, 7) is 7.74. The molecule has 1 aromatic carbocycles. The van der Waals surface area contributed by atoms with Gasteiger partial charge in [-0.25, -0.2) is 4.39 Å². The van der Waals surface area contributed by atoms with Crippen LogP contribution < -0.4 is 5.32 Å². The van der Waals surface area contributed by atoms with Gasteiger partial charge in [-0.1, -0.05) is 23.8 Å². The zero-order chi connectivity index (χ0) is 20.3. The number of hydrogen-bond acceptors (Lipinski definition) is 6. The highest BCUT2D eigenvalue weighted by Gasteiger charge is 2.58. The van der Waals surface area contributed by atoms with Gasteiger partial charge in [0.05, 0.1) is 17.7 Å². The van der Waals surface area contributed by atoms with Gasteiger partial charge in [-0.3, -0.25) is 0 Å². The number of benzene rings is 1. The first-order chi connectivity index (χ1) is 13.0. The Kier molecular flexibility index (Phi) is 5.19. The van der Waals surface area contributed by atoms with Crippen molar-refractivity contribution in [1.82, 2.24) is 5.32 Å². The number of ether oxygens (including phenoxy) is 5. The van der Waals surface area contributed by atoms with Gasteiger partial charge in [0.1, 0.15) is 29.1 Å². The van der Waals surface area contributed by atoms with Gasteiger partial charge >= 0.3 is 0 Å². The molecule has 28 heavy (non-hydrogen) atoms. The number of rotatable bonds is 3. The lowest BCUT2D eigenvalue weighted by Gasteiger charge is -2.30. The SMILES string of the molecule is CC1(C)O[C@H]2O[C@H]([C@H]3COC(C)(C)O3)[C@@H](NC(=S)c3ccc(F)cc3Cl)[C@H]2O1. The number of halogens is 2. The van der Waals surface area contributed by atoms with Crippen LogP contribution in [-0.2, 0) is 23.7 Å². The first-order valence-corrected chi connectivity index (χ1v) is 9.92. The zero-order valence-corrected chi connectivity index (χ0v) is 17.6. The molecular weight excluding hydrogens is 409 g/mol. The fourth-order valence-corrected chi connectivity index (χ4v) is 4.43. The fourth-order valence-electron chi connectivity index (χ4n) is 3.80. The van der Waals surface area contributed by atoms with Crippen molar-refractivity contribution in [1.29, 1.82) is 0 Å². The van der Waals surface area contributed by atoms with Crippen molar-refractivity contribution >= 4 is 28.8 Å². The maximum Gasteiger partial charge on any atom is 0.189 e. The van der Waals surface area contributed by atoms with Crippen LogP contribution in [-0.4, -0.2) is 53.8 Å². The first kappa shape index (κ1) is 20.4. The third-order valence-electron chi connectivity index (χ3n) is 4.96. The second-order valence-electron chi connectivity index (χ2n) is 8.06. The van der Waals surface area contributed by atoms with Gasteiger partial charge < -0.3 is 29.0 Å². The van der Waals surface area contributed by atoms with Crippen molar-refractivity contribution in [3.05, 3.63) is 34.6 Å². The highest BCUT2D eigenvalue weighted by atomic mass is 35.5. The van der Waals surface area contributed by atoms with Crippen molar-refractivity contribution in [2.24, 2.45) is 0 Å². The van der Waals surface area contributed by atoms with Gasteiger partial charge in [0.25, 0.3) is 0 Å². The van der Waals surface area contributed by atoms with E-state index in [9.17, 15) is 4.39 Å². The minimum atomic E-state index is -0.776. The molecule has 9 heteroatoms. The van der Waals surface area contributed by atoms with Crippen LogP contribution >= 0.6 is 23.8 Å². The molecule has 0 bridgehead atoms. The van der Waals surface area contributed by atoms with Gasteiger partial charge in [-0.15, -0.1) is 0 Å². The summed E-state index contributed by atoms with van der Waals surface area (Å²) in [6.07, 6.45) is -1.69. The molecule has 3 fully saturated rings. The fraction of sp³-hybridized carbons (Fsp3) is 0.632. The van der Waals surface area contributed by atoms with E-state index in [1.54, 1.807) is 6.07 Å². The number of hydrogen-bond donors (Lipinski definition) is 1. The summed E-state index contributed by atoms with van der Waals surface area (Å²) in [6, 6.07) is 3.73. The Bertz CT molecular complexity index is 792. The van der Waals surface area contributed by atoms with Crippen LogP contribution in [0.5, 0.6) is 0 Å². The summed E-state index contributed by atoms with van der Waals surface area (Å²) >= 11 is 11.7. The highest BCUT2D eigenvalue weighted by molar-refractivity contribution is 7.80. The lowest BCUT2D eigenvalue weighted by molar-refractivity contribution is -0.223. The smallest absolute Gasteiger partial charge is 0.189 e. The molecule has 0 unspecified atom stereocenters. The highest BCUT2D eigenvalue weighted by Crippen LogP contribution is 2.41. The first-order valence-electron chi connectivity index (χ1n) is 9.13.